The van der Waals surface area contributed by atoms with Crippen LogP contribution in [-0.2, 0) is 24.3 Å². The van der Waals surface area contributed by atoms with Crippen molar-refractivity contribution >= 4 is 36.3 Å². The molecule has 0 unspecified atom stereocenters. The van der Waals surface area contributed by atoms with Gasteiger partial charge in [-0.2, -0.15) is 30.5 Å². The van der Waals surface area contributed by atoms with Gasteiger partial charge in [0.15, 0.2) is 5.82 Å². The third kappa shape index (κ3) is 17.1. The number of hydrogen-bond donors (Lipinski definition) is 2. The summed E-state index contributed by atoms with van der Waals surface area (Å²) in [6.45, 7) is 20.7. The number of rotatable bonds is 25. The maximum Gasteiger partial charge on any atom is 0.319 e. The van der Waals surface area contributed by atoms with Crippen LogP contribution in [0.4, 0.5) is 11.6 Å². The number of aromatic nitrogens is 5. The minimum atomic E-state index is -1.20. The molecule has 4 N–H and O–H groups in total. The van der Waals surface area contributed by atoms with Gasteiger partial charge in [0, 0.05) is 37.8 Å². The first-order valence-corrected chi connectivity index (χ1v) is 27.4. The van der Waals surface area contributed by atoms with E-state index in [2.05, 4.69) is 70.4 Å². The third-order valence-electron chi connectivity index (χ3n) is 12.1. The number of unbranched alkanes of at least 4 members (excludes halogenated alkanes) is 6. The lowest BCUT2D eigenvalue weighted by molar-refractivity contribution is 0.0896. The fraction of sp³-hybridized carbons (Fsp3) is 0.720. The predicted molar refractivity (Wildman–Crippen MR) is 272 cm³/mol. The van der Waals surface area contributed by atoms with Gasteiger partial charge in [-0.05, 0) is 128 Å². The van der Waals surface area contributed by atoms with E-state index in [-0.39, 0.29) is 29.0 Å². The highest BCUT2D eigenvalue weighted by Gasteiger charge is 2.27. The van der Waals surface area contributed by atoms with Gasteiger partial charge in [0.25, 0.3) is 0 Å². The van der Waals surface area contributed by atoms with Crippen molar-refractivity contribution in [1.29, 1.82) is 10.5 Å². The van der Waals surface area contributed by atoms with Crippen molar-refractivity contribution in [1.82, 2.24) is 34.3 Å². The Morgan fingerprint density at radius 3 is 1.75 bits per heavy atom. The van der Waals surface area contributed by atoms with Crippen molar-refractivity contribution in [2.75, 3.05) is 70.6 Å². The summed E-state index contributed by atoms with van der Waals surface area (Å²) >= 11 is 0. The summed E-state index contributed by atoms with van der Waals surface area (Å²) in [5.41, 5.74) is 19.0. The molecule has 3 aromatic heterocycles. The molecule has 0 aromatic carbocycles. The maximum atomic E-state index is 10.1. The van der Waals surface area contributed by atoms with Crippen LogP contribution in [0.25, 0.3) is 16.6 Å². The molecule has 3 aliphatic rings. The Bertz CT molecular complexity index is 1990. The van der Waals surface area contributed by atoms with Crippen molar-refractivity contribution in [3.8, 4) is 24.2 Å². The number of nitrogens with two attached hydrogens (primary N) is 2. The molecule has 65 heavy (non-hydrogen) atoms. The van der Waals surface area contributed by atoms with Gasteiger partial charge in [-0.1, -0.05) is 81.5 Å². The number of anilines is 2. The van der Waals surface area contributed by atoms with E-state index >= 15 is 0 Å². The fourth-order valence-corrected chi connectivity index (χ4v) is 9.19. The summed E-state index contributed by atoms with van der Waals surface area (Å²) in [7, 11) is -1.20. The van der Waals surface area contributed by atoms with Gasteiger partial charge in [0.2, 0.25) is 0 Å². The number of ether oxygens (including phenoxy) is 3. The molecule has 0 bridgehead atoms. The number of allylic oxidation sites excluding steroid dienone is 2. The Morgan fingerprint density at radius 2 is 1.22 bits per heavy atom. The molecule has 6 rings (SSSR count). The molecule has 2 aliphatic heterocycles. The number of nitriles is 2. The molecule has 0 atom stereocenters. The van der Waals surface area contributed by atoms with Crippen LogP contribution in [0, 0.1) is 22.7 Å². The van der Waals surface area contributed by atoms with Crippen LogP contribution in [-0.4, -0.2) is 101 Å². The topological polar surface area (TPSA) is 190 Å². The molecule has 2 fully saturated rings. The molecule has 364 valence electrons. The first-order chi connectivity index (χ1) is 30.1. The third-order valence-corrected chi connectivity index (χ3v) is 13.8. The Morgan fingerprint density at radius 1 is 0.662 bits per heavy atom. The van der Waals surface area contributed by atoms with Crippen LogP contribution in [0.1, 0.15) is 155 Å². The lowest BCUT2D eigenvalue weighted by Crippen LogP contribution is -2.22. The number of hydrogen-bond acceptors (Lipinski definition) is 13. The zero-order chi connectivity index (χ0) is 44.3. The van der Waals surface area contributed by atoms with Gasteiger partial charge in [-0.3, -0.25) is 0 Å². The minimum Gasteiger partial charge on any atom is -0.463 e. The van der Waals surface area contributed by atoms with E-state index < -0.39 is 8.07 Å². The van der Waals surface area contributed by atoms with Crippen molar-refractivity contribution < 1.29 is 14.2 Å². The largest absolute Gasteiger partial charge is 0.463 e. The van der Waals surface area contributed by atoms with Crippen LogP contribution >= 0.6 is 0 Å². The van der Waals surface area contributed by atoms with E-state index in [9.17, 15) is 10.5 Å². The van der Waals surface area contributed by atoms with E-state index in [1.54, 1.807) is 0 Å². The molecular weight excluding hydrogens is 831 g/mol. The van der Waals surface area contributed by atoms with Gasteiger partial charge in [0.05, 0.1) is 25.0 Å². The Hall–Kier alpha value is -4.28. The molecule has 14 nitrogen and oxygen atoms in total. The van der Waals surface area contributed by atoms with Crippen molar-refractivity contribution in [3.63, 3.8) is 0 Å². The second-order valence-corrected chi connectivity index (χ2v) is 24.0. The molecule has 2 saturated heterocycles. The van der Waals surface area contributed by atoms with Crippen LogP contribution in [0.2, 0.25) is 25.7 Å². The maximum absolute atomic E-state index is 10.1. The summed E-state index contributed by atoms with van der Waals surface area (Å²) in [5, 5.41) is 19.7. The van der Waals surface area contributed by atoms with E-state index in [4.69, 9.17) is 30.7 Å². The smallest absolute Gasteiger partial charge is 0.319 e. The Balaban J connectivity index is 0.000000439. The van der Waals surface area contributed by atoms with Crippen LogP contribution in [0.15, 0.2) is 5.57 Å². The zero-order valence-corrected chi connectivity index (χ0v) is 39.7. The number of nitrogens with zero attached hydrogens (tertiary/aromatic N) is 9. The normalized spacial score (nSPS) is 14.8. The first-order valence-electron chi connectivity index (χ1n) is 23.7. The molecule has 1 aliphatic carbocycles. The average molecular weight is 918 g/mol. The lowest BCUT2D eigenvalue weighted by atomic mass is 10.0. The standard InChI is InChI=1S/C26H44N6O2Si.C21H31N5O.3CH4/c1-5-6-16-34-26-29-23-21(12-8-7-9-13-31-14-10-11-15-31)22(19-27)32(24(23)25(28)30-26)20-33-17-18-35(2,3)4;1-2-3-13-27-21-24-19-17(16(15-22)14-18(19)20(23)25-21)9-5-4-6-10-26-11-7-8-12-26;;;/h5-18,20H2,1-4H3,(H2,28,29,30);2-14H2,1H3,(H2,23,24,25);3*1H4. The quantitative estimate of drug-likeness (QED) is 0.0603. The molecule has 5 heterocycles. The highest BCUT2D eigenvalue weighted by atomic mass is 28.3. The number of nitrogen functional groups attached to an aromatic ring is 2. The molecule has 15 heteroatoms. The van der Waals surface area contributed by atoms with E-state index in [1.807, 2.05) is 4.57 Å². The van der Waals surface area contributed by atoms with Crippen LogP contribution in [0.5, 0.6) is 12.0 Å². The van der Waals surface area contributed by atoms with Crippen LogP contribution < -0.4 is 20.9 Å². The van der Waals surface area contributed by atoms with E-state index in [0.717, 1.165) is 97.3 Å². The van der Waals surface area contributed by atoms with Crippen molar-refractivity contribution in [2.24, 2.45) is 0 Å². The van der Waals surface area contributed by atoms with E-state index in [1.165, 1.54) is 84.2 Å². The average Bonchev–Trinajstić information content (AvgIpc) is 4.07. The number of aryl methyl sites for hydroxylation is 1. The first kappa shape index (κ1) is 56.8. The van der Waals surface area contributed by atoms with Gasteiger partial charge in [-0.25, -0.2) is 0 Å². The summed E-state index contributed by atoms with van der Waals surface area (Å²) in [5.74, 6) is 0.787. The molecule has 0 radical (unpaired) electrons. The summed E-state index contributed by atoms with van der Waals surface area (Å²) in [4.78, 5) is 23.1. The number of fused-ring (bicyclic) bond motifs is 2. The molecule has 0 spiro atoms. The van der Waals surface area contributed by atoms with Gasteiger partial charge in [0.1, 0.15) is 35.3 Å². The monoisotopic (exact) mass is 918 g/mol. The molecule has 0 amide bonds. The second-order valence-electron chi connectivity index (χ2n) is 18.4. The molecule has 0 saturated carbocycles. The fourth-order valence-electron chi connectivity index (χ4n) is 8.43. The minimum absolute atomic E-state index is 0. The molecular formula is C50H87N11O3Si. The van der Waals surface area contributed by atoms with E-state index in [0.29, 0.717) is 61.1 Å². The molecule has 3 aromatic rings. The van der Waals surface area contributed by atoms with Crippen LogP contribution in [0.3, 0.4) is 0 Å². The summed E-state index contributed by atoms with van der Waals surface area (Å²) in [6, 6.07) is 6.47. The highest BCUT2D eigenvalue weighted by Crippen LogP contribution is 2.38. The SMILES string of the molecule is C.C.C.CCCCOc1nc(N)c2c(n1)C(CCCCCN1CCCC1)=C(C#N)C2.CCCCOc1nc(N)c2c(n1)c(CCCCCN1CCCC1)c(C#N)n2COCC[Si](C)(C)C. The number of likely N-dealkylation sites (tertiary alicyclic amines) is 2. The van der Waals surface area contributed by atoms with Crippen molar-refractivity contribution in [3.05, 3.63) is 28.1 Å². The van der Waals surface area contributed by atoms with Gasteiger partial charge < -0.3 is 40.0 Å². The van der Waals surface area contributed by atoms with Gasteiger partial charge in [-0.15, -0.1) is 0 Å². The summed E-state index contributed by atoms with van der Waals surface area (Å²) < 4.78 is 19.3. The van der Waals surface area contributed by atoms with Crippen molar-refractivity contribution in [2.45, 2.75) is 178 Å². The highest BCUT2D eigenvalue weighted by molar-refractivity contribution is 6.76. The second kappa shape index (κ2) is 29.4. The lowest BCUT2D eigenvalue weighted by Gasteiger charge is -2.16. The Labute approximate surface area is 394 Å². The zero-order valence-electron chi connectivity index (χ0n) is 38.7. The van der Waals surface area contributed by atoms with Gasteiger partial charge >= 0.3 is 12.0 Å². The Kier molecular flexibility index (Phi) is 25.7. The predicted octanol–water partition coefficient (Wildman–Crippen LogP) is 10.8. The summed E-state index contributed by atoms with van der Waals surface area (Å²) in [6.07, 6.45) is 18.3.